The third-order valence-electron chi connectivity index (χ3n) is 3.90. The minimum atomic E-state index is -0.224. The van der Waals surface area contributed by atoms with E-state index < -0.39 is 0 Å². The summed E-state index contributed by atoms with van der Waals surface area (Å²) >= 11 is 1.57. The quantitative estimate of drug-likeness (QED) is 0.870. The molecule has 1 unspecified atom stereocenters. The third-order valence-corrected chi connectivity index (χ3v) is 4.93. The number of benzene rings is 1. The highest BCUT2D eigenvalue weighted by atomic mass is 32.1. The lowest BCUT2D eigenvalue weighted by atomic mass is 9.93. The minimum absolute atomic E-state index is 0.0100. The van der Waals surface area contributed by atoms with Gasteiger partial charge < -0.3 is 20.1 Å². The largest absolute Gasteiger partial charge is 0.454 e. The number of thiazole rings is 1. The highest BCUT2D eigenvalue weighted by molar-refractivity contribution is 7.09. The first-order valence-corrected chi connectivity index (χ1v) is 9.09. The Balaban J connectivity index is 1.53. The normalized spacial score (nSPS) is 14.2. The Morgan fingerprint density at radius 1 is 1.32 bits per heavy atom. The Morgan fingerprint density at radius 2 is 2.08 bits per heavy atom. The summed E-state index contributed by atoms with van der Waals surface area (Å²) in [6.45, 7) is 8.98. The van der Waals surface area contributed by atoms with Gasteiger partial charge in [-0.2, -0.15) is 0 Å². The fourth-order valence-corrected chi connectivity index (χ4v) is 3.43. The molecule has 0 bridgehead atoms. The number of aromatic nitrogens is 1. The van der Waals surface area contributed by atoms with Crippen LogP contribution < -0.4 is 20.1 Å². The molecule has 2 amide bonds. The summed E-state index contributed by atoms with van der Waals surface area (Å²) < 4.78 is 10.6. The molecule has 2 aromatic rings. The predicted molar refractivity (Wildman–Crippen MR) is 97.2 cm³/mol. The number of nitrogens with zero attached hydrogens (tertiary/aromatic N) is 1. The maximum atomic E-state index is 12.1. The van der Waals surface area contributed by atoms with Gasteiger partial charge in [0.1, 0.15) is 5.01 Å². The zero-order valence-electron chi connectivity index (χ0n) is 14.9. The van der Waals surface area contributed by atoms with E-state index in [4.69, 9.17) is 9.47 Å². The Hall–Kier alpha value is -2.28. The summed E-state index contributed by atoms with van der Waals surface area (Å²) in [6, 6.07) is 5.27. The number of hydrogen-bond donors (Lipinski definition) is 2. The standard InChI is InChI=1S/C18H23N3O3S/c1-11(16-21-15(9-25-16)18(2,3)4)20-17(22)19-8-12-5-6-13-14(7-12)24-10-23-13/h5-7,9,11H,8,10H2,1-4H3,(H2,19,20,22). The van der Waals surface area contributed by atoms with Crippen LogP contribution >= 0.6 is 11.3 Å². The molecule has 2 heterocycles. The molecule has 0 spiro atoms. The van der Waals surface area contributed by atoms with Crippen LogP contribution in [0.5, 0.6) is 11.5 Å². The summed E-state index contributed by atoms with van der Waals surface area (Å²) in [5.74, 6) is 1.45. The SMILES string of the molecule is CC(NC(=O)NCc1ccc2c(c1)OCO2)c1nc(C(C)(C)C)cs1. The van der Waals surface area contributed by atoms with Crippen molar-refractivity contribution in [2.75, 3.05) is 6.79 Å². The van der Waals surface area contributed by atoms with E-state index in [9.17, 15) is 4.79 Å². The Labute approximate surface area is 151 Å². The smallest absolute Gasteiger partial charge is 0.315 e. The lowest BCUT2D eigenvalue weighted by Gasteiger charge is -2.15. The van der Waals surface area contributed by atoms with Crippen LogP contribution in [0, 0.1) is 0 Å². The van der Waals surface area contributed by atoms with Gasteiger partial charge in [0.25, 0.3) is 0 Å². The van der Waals surface area contributed by atoms with Gasteiger partial charge in [-0.05, 0) is 24.6 Å². The minimum Gasteiger partial charge on any atom is -0.454 e. The van der Waals surface area contributed by atoms with Gasteiger partial charge in [0.2, 0.25) is 6.79 Å². The van der Waals surface area contributed by atoms with Gasteiger partial charge in [0.15, 0.2) is 11.5 Å². The zero-order chi connectivity index (χ0) is 18.0. The van der Waals surface area contributed by atoms with Crippen molar-refractivity contribution >= 4 is 17.4 Å². The van der Waals surface area contributed by atoms with Crippen molar-refractivity contribution < 1.29 is 14.3 Å². The molecular weight excluding hydrogens is 338 g/mol. The van der Waals surface area contributed by atoms with Crippen LogP contribution in [0.2, 0.25) is 0 Å². The van der Waals surface area contributed by atoms with Gasteiger partial charge in [-0.3, -0.25) is 0 Å². The van der Waals surface area contributed by atoms with Gasteiger partial charge in [-0.15, -0.1) is 11.3 Å². The Bertz CT molecular complexity index is 767. The van der Waals surface area contributed by atoms with Gasteiger partial charge in [-0.25, -0.2) is 9.78 Å². The fraction of sp³-hybridized carbons (Fsp3) is 0.444. The Morgan fingerprint density at radius 3 is 2.80 bits per heavy atom. The third kappa shape index (κ3) is 4.22. The molecular formula is C18H23N3O3S. The van der Waals surface area contributed by atoms with E-state index in [2.05, 4.69) is 41.8 Å². The zero-order valence-corrected chi connectivity index (χ0v) is 15.7. The number of fused-ring (bicyclic) bond motifs is 1. The Kier molecular flexibility index (Phi) is 4.85. The highest BCUT2D eigenvalue weighted by Crippen LogP contribution is 2.32. The van der Waals surface area contributed by atoms with Crippen LogP contribution in [0.1, 0.15) is 50.0 Å². The van der Waals surface area contributed by atoms with Crippen molar-refractivity contribution in [1.29, 1.82) is 0 Å². The summed E-state index contributed by atoms with van der Waals surface area (Å²) in [7, 11) is 0. The average Bonchev–Trinajstić information content (AvgIpc) is 3.21. The first-order chi connectivity index (χ1) is 11.8. The molecule has 1 aliphatic heterocycles. The van der Waals surface area contributed by atoms with Crippen LogP contribution in [0.4, 0.5) is 4.79 Å². The molecule has 7 heteroatoms. The van der Waals surface area contributed by atoms with Crippen LogP contribution in [-0.2, 0) is 12.0 Å². The second-order valence-electron chi connectivity index (χ2n) is 7.06. The lowest BCUT2D eigenvalue weighted by molar-refractivity contribution is 0.174. The van der Waals surface area contributed by atoms with Gasteiger partial charge in [0, 0.05) is 17.3 Å². The van der Waals surface area contributed by atoms with Crippen molar-refractivity contribution in [2.24, 2.45) is 0 Å². The number of amides is 2. The number of rotatable bonds is 4. The van der Waals surface area contributed by atoms with Crippen molar-refractivity contribution in [3.8, 4) is 11.5 Å². The molecule has 134 valence electrons. The van der Waals surface area contributed by atoms with Crippen LogP contribution in [0.25, 0.3) is 0 Å². The van der Waals surface area contributed by atoms with Gasteiger partial charge in [0.05, 0.1) is 11.7 Å². The fourth-order valence-electron chi connectivity index (χ4n) is 2.37. The molecule has 25 heavy (non-hydrogen) atoms. The van der Waals surface area contributed by atoms with Gasteiger partial charge in [-0.1, -0.05) is 26.8 Å². The highest BCUT2D eigenvalue weighted by Gasteiger charge is 2.20. The summed E-state index contributed by atoms with van der Waals surface area (Å²) in [5, 5.41) is 8.74. The maximum absolute atomic E-state index is 12.1. The van der Waals surface area contributed by atoms with E-state index in [-0.39, 0.29) is 24.3 Å². The van der Waals surface area contributed by atoms with Gasteiger partial charge >= 0.3 is 6.03 Å². The first kappa shape index (κ1) is 17.5. The summed E-state index contributed by atoms with van der Waals surface area (Å²) in [6.07, 6.45) is 0. The molecule has 2 N–H and O–H groups in total. The molecule has 0 saturated carbocycles. The molecule has 0 fully saturated rings. The molecule has 0 aliphatic carbocycles. The lowest BCUT2D eigenvalue weighted by Crippen LogP contribution is -2.36. The molecule has 0 saturated heterocycles. The van der Waals surface area contributed by atoms with E-state index in [1.807, 2.05) is 25.1 Å². The van der Waals surface area contributed by atoms with E-state index >= 15 is 0 Å². The molecule has 1 aromatic carbocycles. The molecule has 6 nitrogen and oxygen atoms in total. The number of urea groups is 1. The first-order valence-electron chi connectivity index (χ1n) is 8.22. The van der Waals surface area contributed by atoms with Crippen LogP contribution in [-0.4, -0.2) is 17.8 Å². The predicted octanol–water partition coefficient (Wildman–Crippen LogP) is 3.73. The topological polar surface area (TPSA) is 72.5 Å². The average molecular weight is 361 g/mol. The molecule has 1 aromatic heterocycles. The van der Waals surface area contributed by atoms with Crippen LogP contribution in [0.3, 0.4) is 0 Å². The monoisotopic (exact) mass is 361 g/mol. The molecule has 1 atom stereocenters. The van der Waals surface area contributed by atoms with Crippen molar-refractivity contribution in [2.45, 2.75) is 45.7 Å². The second-order valence-corrected chi connectivity index (χ2v) is 7.95. The van der Waals surface area contributed by atoms with E-state index in [0.29, 0.717) is 12.3 Å². The second kappa shape index (κ2) is 6.92. The van der Waals surface area contributed by atoms with Crippen molar-refractivity contribution in [3.63, 3.8) is 0 Å². The molecule has 0 radical (unpaired) electrons. The van der Waals surface area contributed by atoms with Crippen molar-refractivity contribution in [1.82, 2.24) is 15.6 Å². The number of carbonyl (C=O) groups excluding carboxylic acids is 1. The number of nitrogens with one attached hydrogen (secondary N) is 2. The van der Waals surface area contributed by atoms with E-state index in [1.54, 1.807) is 11.3 Å². The summed E-state index contributed by atoms with van der Waals surface area (Å²) in [4.78, 5) is 16.8. The maximum Gasteiger partial charge on any atom is 0.315 e. The van der Waals surface area contributed by atoms with E-state index in [0.717, 1.165) is 22.0 Å². The number of ether oxygens (including phenoxy) is 2. The number of carbonyl (C=O) groups is 1. The molecule has 3 rings (SSSR count). The van der Waals surface area contributed by atoms with E-state index in [1.165, 1.54) is 0 Å². The summed E-state index contributed by atoms with van der Waals surface area (Å²) in [5.41, 5.74) is 2.01. The number of hydrogen-bond acceptors (Lipinski definition) is 5. The van der Waals surface area contributed by atoms with Crippen molar-refractivity contribution in [3.05, 3.63) is 39.8 Å². The van der Waals surface area contributed by atoms with Crippen LogP contribution in [0.15, 0.2) is 23.6 Å². The molecule has 1 aliphatic rings.